The van der Waals surface area contributed by atoms with Crippen LogP contribution in [0.3, 0.4) is 0 Å². The van der Waals surface area contributed by atoms with Crippen LogP contribution in [-0.2, 0) is 9.53 Å². The number of guanidine groups is 1. The number of piperidine rings is 1. The van der Waals surface area contributed by atoms with Crippen molar-refractivity contribution in [3.63, 3.8) is 0 Å². The molecule has 0 aromatic heterocycles. The van der Waals surface area contributed by atoms with Gasteiger partial charge >= 0.3 is 0 Å². The van der Waals surface area contributed by atoms with Crippen LogP contribution >= 0.6 is 24.0 Å². The number of nitrogens with one attached hydrogen (secondary N) is 3. The molecule has 2 aliphatic rings. The van der Waals surface area contributed by atoms with Crippen LogP contribution < -0.4 is 16.0 Å². The molecule has 1 aliphatic heterocycles. The molecule has 0 aromatic rings. The number of hydrogen-bond acceptors (Lipinski definition) is 3. The molecule has 0 radical (unpaired) electrons. The fraction of sp³-hybridized carbons (Fsp3) is 0.882. The van der Waals surface area contributed by atoms with Crippen molar-refractivity contribution in [3.05, 3.63) is 0 Å². The Morgan fingerprint density at radius 2 is 2.00 bits per heavy atom. The summed E-state index contributed by atoms with van der Waals surface area (Å²) in [5.74, 6) is 0.958. The Kier molecular flexibility index (Phi) is 11.4. The summed E-state index contributed by atoms with van der Waals surface area (Å²) in [6.07, 6.45) is 9.56. The number of rotatable bonds is 6. The molecule has 3 N–H and O–H groups in total. The van der Waals surface area contributed by atoms with Gasteiger partial charge in [-0.2, -0.15) is 0 Å². The summed E-state index contributed by atoms with van der Waals surface area (Å²) in [5, 5.41) is 9.54. The third-order valence-corrected chi connectivity index (χ3v) is 4.47. The molecule has 6 nitrogen and oxygen atoms in total. The predicted octanol–water partition coefficient (Wildman–Crippen LogP) is 2.18. The summed E-state index contributed by atoms with van der Waals surface area (Å²) in [6, 6.07) is 0.258. The van der Waals surface area contributed by atoms with Crippen LogP contribution in [0.2, 0.25) is 0 Å². The molecule has 0 spiro atoms. The Morgan fingerprint density at radius 3 is 2.62 bits per heavy atom. The topological polar surface area (TPSA) is 74.8 Å². The van der Waals surface area contributed by atoms with E-state index in [0.717, 1.165) is 18.9 Å². The molecule has 140 valence electrons. The summed E-state index contributed by atoms with van der Waals surface area (Å²) >= 11 is 0. The Bertz CT molecular complexity index is 375. The number of hydrogen-bond donors (Lipinski definition) is 3. The fourth-order valence-electron chi connectivity index (χ4n) is 3.15. The van der Waals surface area contributed by atoms with Crippen LogP contribution in [0, 0.1) is 0 Å². The predicted molar refractivity (Wildman–Crippen MR) is 108 cm³/mol. The molecule has 7 heteroatoms. The molecular formula is C17H33IN4O2. The summed E-state index contributed by atoms with van der Waals surface area (Å²) in [7, 11) is 0. The van der Waals surface area contributed by atoms with Crippen molar-refractivity contribution in [1.29, 1.82) is 0 Å². The van der Waals surface area contributed by atoms with Gasteiger partial charge < -0.3 is 20.7 Å². The highest BCUT2D eigenvalue weighted by Gasteiger charge is 2.18. The Balaban J connectivity index is 0.00000288. The molecule has 1 aliphatic carbocycles. The molecule has 2 fully saturated rings. The first kappa shape index (κ1) is 21.5. The number of carbonyl (C=O) groups excluding carboxylic acids is 1. The lowest BCUT2D eigenvalue weighted by Gasteiger charge is -2.25. The van der Waals surface area contributed by atoms with Gasteiger partial charge in [-0.1, -0.05) is 25.7 Å². The van der Waals surface area contributed by atoms with E-state index in [4.69, 9.17) is 4.74 Å². The number of carbonyl (C=O) groups is 1. The van der Waals surface area contributed by atoms with E-state index in [9.17, 15) is 4.79 Å². The van der Waals surface area contributed by atoms with Gasteiger partial charge in [0.15, 0.2) is 5.96 Å². The lowest BCUT2D eigenvalue weighted by molar-refractivity contribution is -0.122. The third kappa shape index (κ3) is 8.50. The SMILES string of the molecule is CCNC(=NCCOC1CCCCCC1)NC1CCC(=O)NC1.I. The third-order valence-electron chi connectivity index (χ3n) is 4.47. The van der Waals surface area contributed by atoms with Crippen molar-refractivity contribution in [2.24, 2.45) is 4.99 Å². The molecular weight excluding hydrogens is 419 g/mol. The van der Waals surface area contributed by atoms with E-state index in [1.807, 2.05) is 0 Å². The first-order valence-electron chi connectivity index (χ1n) is 9.21. The van der Waals surface area contributed by atoms with Gasteiger partial charge in [-0.05, 0) is 26.2 Å². The van der Waals surface area contributed by atoms with Crippen molar-refractivity contribution in [2.45, 2.75) is 70.4 Å². The highest BCUT2D eigenvalue weighted by Crippen LogP contribution is 2.19. The lowest BCUT2D eigenvalue weighted by atomic mass is 10.1. The molecule has 1 saturated heterocycles. The molecule has 0 bridgehead atoms. The van der Waals surface area contributed by atoms with Crippen LogP contribution in [0.15, 0.2) is 4.99 Å². The number of nitrogens with zero attached hydrogens (tertiary/aromatic N) is 1. The Labute approximate surface area is 163 Å². The second-order valence-corrected chi connectivity index (χ2v) is 6.43. The van der Waals surface area contributed by atoms with Gasteiger partial charge in [0.05, 0.1) is 19.3 Å². The van der Waals surface area contributed by atoms with Crippen molar-refractivity contribution >= 4 is 35.8 Å². The van der Waals surface area contributed by atoms with Gasteiger partial charge in [0.25, 0.3) is 0 Å². The maximum atomic E-state index is 11.2. The molecule has 24 heavy (non-hydrogen) atoms. The van der Waals surface area contributed by atoms with Gasteiger partial charge in [0.2, 0.25) is 5.91 Å². The minimum atomic E-state index is 0. The minimum Gasteiger partial charge on any atom is -0.376 e. The zero-order valence-electron chi connectivity index (χ0n) is 14.8. The van der Waals surface area contributed by atoms with E-state index < -0.39 is 0 Å². The maximum absolute atomic E-state index is 11.2. The zero-order chi connectivity index (χ0) is 16.3. The van der Waals surface area contributed by atoms with Gasteiger partial charge in [0.1, 0.15) is 0 Å². The highest BCUT2D eigenvalue weighted by atomic mass is 127. The normalized spacial score (nSPS) is 23.0. The molecule has 1 amide bonds. The highest BCUT2D eigenvalue weighted by molar-refractivity contribution is 14.0. The molecule has 1 saturated carbocycles. The van der Waals surface area contributed by atoms with Crippen LogP contribution in [-0.4, -0.2) is 50.3 Å². The first-order chi connectivity index (χ1) is 11.3. The van der Waals surface area contributed by atoms with Crippen LogP contribution in [0.4, 0.5) is 0 Å². The maximum Gasteiger partial charge on any atom is 0.220 e. The molecule has 0 aromatic carbocycles. The average Bonchev–Trinajstić information content (AvgIpc) is 2.82. The van der Waals surface area contributed by atoms with Crippen molar-refractivity contribution in [3.8, 4) is 0 Å². The van der Waals surface area contributed by atoms with Crippen molar-refractivity contribution in [2.75, 3.05) is 26.2 Å². The van der Waals surface area contributed by atoms with Crippen molar-refractivity contribution in [1.82, 2.24) is 16.0 Å². The Morgan fingerprint density at radius 1 is 1.25 bits per heavy atom. The van der Waals surface area contributed by atoms with Crippen LogP contribution in [0.5, 0.6) is 0 Å². The lowest BCUT2D eigenvalue weighted by Crippen LogP contribution is -2.51. The summed E-state index contributed by atoms with van der Waals surface area (Å²) in [5.41, 5.74) is 0. The van der Waals surface area contributed by atoms with E-state index in [1.54, 1.807) is 0 Å². The molecule has 1 atom stereocenters. The monoisotopic (exact) mass is 452 g/mol. The molecule has 2 rings (SSSR count). The first-order valence-corrected chi connectivity index (χ1v) is 9.21. The summed E-state index contributed by atoms with van der Waals surface area (Å²) < 4.78 is 5.98. The average molecular weight is 452 g/mol. The second kappa shape index (κ2) is 12.7. The number of ether oxygens (including phenoxy) is 1. The van der Waals surface area contributed by atoms with Gasteiger partial charge in [-0.25, -0.2) is 0 Å². The number of amides is 1. The van der Waals surface area contributed by atoms with Gasteiger partial charge in [0, 0.05) is 25.6 Å². The number of aliphatic imine (C=N–C) groups is 1. The van der Waals surface area contributed by atoms with E-state index >= 15 is 0 Å². The molecule has 1 unspecified atom stereocenters. The van der Waals surface area contributed by atoms with Crippen molar-refractivity contribution < 1.29 is 9.53 Å². The van der Waals surface area contributed by atoms with E-state index in [0.29, 0.717) is 32.2 Å². The van der Waals surface area contributed by atoms with E-state index in [1.165, 1.54) is 38.5 Å². The fourth-order valence-corrected chi connectivity index (χ4v) is 3.15. The zero-order valence-corrected chi connectivity index (χ0v) is 17.1. The number of halogens is 1. The van der Waals surface area contributed by atoms with E-state index in [-0.39, 0.29) is 35.9 Å². The van der Waals surface area contributed by atoms with Crippen LogP contribution in [0.25, 0.3) is 0 Å². The van der Waals surface area contributed by atoms with E-state index in [2.05, 4.69) is 27.9 Å². The van der Waals surface area contributed by atoms with Crippen LogP contribution in [0.1, 0.15) is 58.3 Å². The Hall–Kier alpha value is -0.570. The van der Waals surface area contributed by atoms with Gasteiger partial charge in [-0.15, -0.1) is 24.0 Å². The quantitative estimate of drug-likeness (QED) is 0.190. The minimum absolute atomic E-state index is 0. The standard InChI is InChI=1S/C17H32N4O2.HI/c1-2-18-17(21-14-9-10-16(22)20-13-14)19-11-12-23-15-7-5-3-4-6-8-15;/h14-15H,2-13H2,1H3,(H,20,22)(H2,18,19,21);1H. The largest absolute Gasteiger partial charge is 0.376 e. The summed E-state index contributed by atoms with van der Waals surface area (Å²) in [4.78, 5) is 15.8. The molecule has 1 heterocycles. The van der Waals surface area contributed by atoms with Gasteiger partial charge in [-0.3, -0.25) is 9.79 Å². The summed E-state index contributed by atoms with van der Waals surface area (Å²) in [6.45, 7) is 4.91. The second-order valence-electron chi connectivity index (χ2n) is 6.43. The smallest absolute Gasteiger partial charge is 0.220 e.